The van der Waals surface area contributed by atoms with Gasteiger partial charge in [0.25, 0.3) is 0 Å². The van der Waals surface area contributed by atoms with Gasteiger partial charge in [-0.1, -0.05) is 0 Å². The van der Waals surface area contributed by atoms with Crippen molar-refractivity contribution in [2.24, 2.45) is 0 Å². The quantitative estimate of drug-likeness (QED) is 0.633. The van der Waals surface area contributed by atoms with Crippen molar-refractivity contribution >= 4 is 22.5 Å². The fraction of sp³-hybridized carbons (Fsp3) is 0.286. The number of nitrogens with two attached hydrogens (primary N) is 1. The summed E-state index contributed by atoms with van der Waals surface area (Å²) < 4.78 is 5.69. The van der Waals surface area contributed by atoms with Crippen molar-refractivity contribution in [2.75, 3.05) is 19.4 Å². The number of fused-ring (bicyclic) bond motifs is 1. The molecule has 0 aliphatic carbocycles. The van der Waals surface area contributed by atoms with Crippen molar-refractivity contribution in [1.29, 1.82) is 0 Å². The number of rotatable bonds is 5. The SMILES string of the molecule is CNC(=O)CCCOc1ccc(N)c2ncccc12. The van der Waals surface area contributed by atoms with E-state index in [4.69, 9.17) is 10.5 Å². The number of pyridine rings is 1. The fourth-order valence-electron chi connectivity index (χ4n) is 1.83. The van der Waals surface area contributed by atoms with Crippen molar-refractivity contribution < 1.29 is 9.53 Å². The Balaban J connectivity index is 2.05. The van der Waals surface area contributed by atoms with E-state index in [0.29, 0.717) is 25.1 Å². The topological polar surface area (TPSA) is 77.2 Å². The Labute approximate surface area is 111 Å². The van der Waals surface area contributed by atoms with E-state index in [1.54, 1.807) is 19.3 Å². The summed E-state index contributed by atoms with van der Waals surface area (Å²) in [4.78, 5) is 15.3. The van der Waals surface area contributed by atoms with Crippen LogP contribution in [0.5, 0.6) is 5.75 Å². The second-order valence-corrected chi connectivity index (χ2v) is 4.18. The van der Waals surface area contributed by atoms with Crippen LogP contribution in [0.1, 0.15) is 12.8 Å². The minimum atomic E-state index is 0.0208. The van der Waals surface area contributed by atoms with Gasteiger partial charge in [0.2, 0.25) is 5.91 Å². The predicted molar refractivity (Wildman–Crippen MR) is 75.0 cm³/mol. The van der Waals surface area contributed by atoms with E-state index < -0.39 is 0 Å². The molecule has 3 N–H and O–H groups in total. The highest BCUT2D eigenvalue weighted by Crippen LogP contribution is 2.28. The number of ether oxygens (including phenoxy) is 1. The van der Waals surface area contributed by atoms with Crippen molar-refractivity contribution in [3.05, 3.63) is 30.5 Å². The van der Waals surface area contributed by atoms with Gasteiger partial charge in [-0.2, -0.15) is 0 Å². The molecule has 0 aliphatic rings. The largest absolute Gasteiger partial charge is 0.493 e. The number of nitrogens with one attached hydrogen (secondary N) is 1. The van der Waals surface area contributed by atoms with Gasteiger partial charge in [-0.05, 0) is 30.7 Å². The molecule has 5 nitrogen and oxygen atoms in total. The lowest BCUT2D eigenvalue weighted by molar-refractivity contribution is -0.120. The van der Waals surface area contributed by atoms with Crippen LogP contribution in [-0.4, -0.2) is 24.5 Å². The Morgan fingerprint density at radius 3 is 3.05 bits per heavy atom. The average Bonchev–Trinajstić information content (AvgIpc) is 2.45. The molecular formula is C14H17N3O2. The third-order valence-electron chi connectivity index (χ3n) is 2.85. The van der Waals surface area contributed by atoms with Crippen molar-refractivity contribution in [3.63, 3.8) is 0 Å². The van der Waals surface area contributed by atoms with Crippen molar-refractivity contribution in [3.8, 4) is 5.75 Å². The van der Waals surface area contributed by atoms with Crippen molar-refractivity contribution in [1.82, 2.24) is 10.3 Å². The van der Waals surface area contributed by atoms with Gasteiger partial charge in [0.15, 0.2) is 0 Å². The zero-order valence-corrected chi connectivity index (χ0v) is 10.8. The number of nitrogens with zero attached hydrogens (tertiary/aromatic N) is 1. The second-order valence-electron chi connectivity index (χ2n) is 4.18. The average molecular weight is 259 g/mol. The first-order valence-corrected chi connectivity index (χ1v) is 6.19. The summed E-state index contributed by atoms with van der Waals surface area (Å²) >= 11 is 0. The Bertz CT molecular complexity index is 584. The van der Waals surface area contributed by atoms with Gasteiger partial charge in [0, 0.05) is 25.1 Å². The summed E-state index contributed by atoms with van der Waals surface area (Å²) in [5.41, 5.74) is 7.24. The standard InChI is InChI=1S/C14H17N3O2/c1-16-13(18)5-3-9-19-12-7-6-11(15)14-10(12)4-2-8-17-14/h2,4,6-8H,3,5,9,15H2,1H3,(H,16,18). The molecule has 0 fully saturated rings. The first kappa shape index (κ1) is 13.1. The van der Waals surface area contributed by atoms with Gasteiger partial charge < -0.3 is 15.8 Å². The molecule has 1 amide bonds. The Kier molecular flexibility index (Phi) is 4.18. The van der Waals surface area contributed by atoms with Gasteiger partial charge >= 0.3 is 0 Å². The highest BCUT2D eigenvalue weighted by atomic mass is 16.5. The molecule has 100 valence electrons. The van der Waals surface area contributed by atoms with Crippen LogP contribution in [0.15, 0.2) is 30.5 Å². The van der Waals surface area contributed by atoms with Crippen LogP contribution >= 0.6 is 0 Å². The van der Waals surface area contributed by atoms with Crippen LogP contribution in [0.2, 0.25) is 0 Å². The lowest BCUT2D eigenvalue weighted by Gasteiger charge is -2.10. The van der Waals surface area contributed by atoms with E-state index >= 15 is 0 Å². The molecule has 2 rings (SSSR count). The summed E-state index contributed by atoms with van der Waals surface area (Å²) in [5, 5.41) is 3.47. The second kappa shape index (κ2) is 6.04. The number of carbonyl (C=O) groups is 1. The van der Waals surface area contributed by atoms with Crippen LogP contribution in [-0.2, 0) is 4.79 Å². The summed E-state index contributed by atoms with van der Waals surface area (Å²) in [6.45, 7) is 0.487. The maximum atomic E-state index is 11.1. The Morgan fingerprint density at radius 1 is 1.42 bits per heavy atom. The smallest absolute Gasteiger partial charge is 0.219 e. The van der Waals surface area contributed by atoms with Crippen LogP contribution < -0.4 is 15.8 Å². The Morgan fingerprint density at radius 2 is 2.26 bits per heavy atom. The summed E-state index contributed by atoms with van der Waals surface area (Å²) in [6, 6.07) is 7.38. The lowest BCUT2D eigenvalue weighted by Crippen LogP contribution is -2.18. The highest BCUT2D eigenvalue weighted by molar-refractivity contribution is 5.93. The molecule has 1 aromatic carbocycles. The number of nitrogen functional groups attached to an aromatic ring is 1. The van der Waals surface area contributed by atoms with Gasteiger partial charge in [-0.15, -0.1) is 0 Å². The number of benzene rings is 1. The number of amides is 1. The van der Waals surface area contributed by atoms with Crippen LogP contribution in [0.25, 0.3) is 10.9 Å². The van der Waals surface area contributed by atoms with Gasteiger partial charge in [0.05, 0.1) is 17.8 Å². The van der Waals surface area contributed by atoms with Crippen LogP contribution in [0, 0.1) is 0 Å². The number of carbonyl (C=O) groups excluding carboxylic acids is 1. The minimum absolute atomic E-state index is 0.0208. The number of anilines is 1. The number of hydrogen-bond donors (Lipinski definition) is 2. The molecule has 19 heavy (non-hydrogen) atoms. The molecule has 1 heterocycles. The molecule has 0 radical (unpaired) electrons. The van der Waals surface area contributed by atoms with E-state index in [1.807, 2.05) is 18.2 Å². The highest BCUT2D eigenvalue weighted by Gasteiger charge is 2.06. The normalized spacial score (nSPS) is 10.4. The molecular weight excluding hydrogens is 242 g/mol. The molecule has 0 spiro atoms. The molecule has 5 heteroatoms. The molecule has 0 bridgehead atoms. The third kappa shape index (κ3) is 3.13. The third-order valence-corrected chi connectivity index (χ3v) is 2.85. The molecule has 0 aliphatic heterocycles. The number of aromatic nitrogens is 1. The van der Waals surface area contributed by atoms with E-state index in [-0.39, 0.29) is 5.91 Å². The van der Waals surface area contributed by atoms with Gasteiger partial charge in [0.1, 0.15) is 5.75 Å². The monoisotopic (exact) mass is 259 g/mol. The summed E-state index contributed by atoms with van der Waals surface area (Å²) in [7, 11) is 1.63. The predicted octanol–water partition coefficient (Wildman–Crippen LogP) is 1.72. The van der Waals surface area contributed by atoms with E-state index in [2.05, 4.69) is 10.3 Å². The first-order chi connectivity index (χ1) is 9.22. The van der Waals surface area contributed by atoms with E-state index in [9.17, 15) is 4.79 Å². The van der Waals surface area contributed by atoms with Crippen LogP contribution in [0.4, 0.5) is 5.69 Å². The molecule has 2 aromatic rings. The maximum Gasteiger partial charge on any atom is 0.219 e. The molecule has 0 unspecified atom stereocenters. The van der Waals surface area contributed by atoms with Crippen LogP contribution in [0.3, 0.4) is 0 Å². The molecule has 1 aromatic heterocycles. The van der Waals surface area contributed by atoms with E-state index in [1.165, 1.54) is 0 Å². The van der Waals surface area contributed by atoms with Crippen molar-refractivity contribution in [2.45, 2.75) is 12.8 Å². The molecule has 0 saturated carbocycles. The first-order valence-electron chi connectivity index (χ1n) is 6.19. The lowest BCUT2D eigenvalue weighted by atomic mass is 10.2. The molecule has 0 atom stereocenters. The zero-order valence-electron chi connectivity index (χ0n) is 10.8. The number of hydrogen-bond acceptors (Lipinski definition) is 4. The fourth-order valence-corrected chi connectivity index (χ4v) is 1.83. The molecule has 0 saturated heterocycles. The zero-order chi connectivity index (χ0) is 13.7. The summed E-state index contributed by atoms with van der Waals surface area (Å²) in [5.74, 6) is 0.765. The Hall–Kier alpha value is -2.30. The maximum absolute atomic E-state index is 11.1. The summed E-state index contributed by atoms with van der Waals surface area (Å²) in [6.07, 6.45) is 2.83. The minimum Gasteiger partial charge on any atom is -0.493 e. The van der Waals surface area contributed by atoms with Gasteiger partial charge in [-0.25, -0.2) is 0 Å². The van der Waals surface area contributed by atoms with E-state index in [0.717, 1.165) is 16.7 Å². The van der Waals surface area contributed by atoms with Gasteiger partial charge in [-0.3, -0.25) is 9.78 Å².